The van der Waals surface area contributed by atoms with Crippen molar-refractivity contribution in [2.45, 2.75) is 58.0 Å². The number of aliphatic hydroxyl groups excluding tert-OH is 1. The lowest BCUT2D eigenvalue weighted by Gasteiger charge is -2.27. The Bertz CT molecular complexity index is 268. The highest BCUT2D eigenvalue weighted by Crippen LogP contribution is 2.09. The Balaban J connectivity index is 2.29. The van der Waals surface area contributed by atoms with Gasteiger partial charge in [-0.25, -0.2) is 0 Å². The van der Waals surface area contributed by atoms with Crippen LogP contribution >= 0.6 is 0 Å². The van der Waals surface area contributed by atoms with Crippen molar-refractivity contribution in [1.82, 2.24) is 10.2 Å². The van der Waals surface area contributed by atoms with Gasteiger partial charge in [-0.1, -0.05) is 32.6 Å². The van der Waals surface area contributed by atoms with Gasteiger partial charge in [0.2, 0.25) is 5.91 Å². The van der Waals surface area contributed by atoms with E-state index in [-0.39, 0.29) is 18.6 Å². The Morgan fingerprint density at radius 3 is 2.67 bits per heavy atom. The highest BCUT2D eigenvalue weighted by atomic mass is 16.5. The summed E-state index contributed by atoms with van der Waals surface area (Å²) in [5.41, 5.74) is 0. The molecule has 0 aromatic heterocycles. The molecule has 1 atom stereocenters. The zero-order valence-corrected chi connectivity index (χ0v) is 13.5. The number of amides is 1. The average molecular weight is 300 g/mol. The molecule has 5 nitrogen and oxygen atoms in total. The van der Waals surface area contributed by atoms with Crippen molar-refractivity contribution < 1.29 is 14.6 Å². The normalized spacial score (nSPS) is 18.7. The van der Waals surface area contributed by atoms with Gasteiger partial charge in [0.05, 0.1) is 19.1 Å². The third-order valence-electron chi connectivity index (χ3n) is 3.88. The van der Waals surface area contributed by atoms with Gasteiger partial charge in [-0.3, -0.25) is 4.79 Å². The minimum absolute atomic E-state index is 0.00275. The van der Waals surface area contributed by atoms with Crippen LogP contribution in [0, 0.1) is 0 Å². The lowest BCUT2D eigenvalue weighted by atomic mass is 10.1. The number of rotatable bonds is 11. The third kappa shape index (κ3) is 8.39. The average Bonchev–Trinajstić information content (AvgIpc) is 2.51. The van der Waals surface area contributed by atoms with E-state index in [2.05, 4.69) is 12.2 Å². The number of ether oxygens (including phenoxy) is 1. The number of hydrogen-bond donors (Lipinski definition) is 2. The van der Waals surface area contributed by atoms with E-state index in [1.165, 1.54) is 25.7 Å². The zero-order chi connectivity index (χ0) is 15.3. The van der Waals surface area contributed by atoms with Crippen LogP contribution in [0.1, 0.15) is 51.9 Å². The Morgan fingerprint density at radius 1 is 1.24 bits per heavy atom. The van der Waals surface area contributed by atoms with E-state index >= 15 is 0 Å². The first kappa shape index (κ1) is 18.4. The lowest BCUT2D eigenvalue weighted by Crippen LogP contribution is -2.43. The molecule has 1 amide bonds. The molecule has 1 unspecified atom stereocenters. The van der Waals surface area contributed by atoms with E-state index < -0.39 is 0 Å². The highest BCUT2D eigenvalue weighted by molar-refractivity contribution is 5.76. The summed E-state index contributed by atoms with van der Waals surface area (Å²) in [6.45, 7) is 6.13. The molecule has 1 aliphatic heterocycles. The van der Waals surface area contributed by atoms with Crippen molar-refractivity contribution in [3.8, 4) is 0 Å². The molecule has 1 rings (SSSR count). The maximum atomic E-state index is 12.4. The Kier molecular flexibility index (Phi) is 10.5. The second-order valence-electron chi connectivity index (χ2n) is 5.77. The number of carbonyl (C=O) groups is 1. The summed E-state index contributed by atoms with van der Waals surface area (Å²) in [6.07, 6.45) is 7.10. The molecule has 21 heavy (non-hydrogen) atoms. The first-order valence-electron chi connectivity index (χ1n) is 8.49. The van der Waals surface area contributed by atoms with Gasteiger partial charge in [-0.15, -0.1) is 0 Å². The van der Waals surface area contributed by atoms with Crippen LogP contribution in [0.3, 0.4) is 0 Å². The highest BCUT2D eigenvalue weighted by Gasteiger charge is 2.21. The van der Waals surface area contributed by atoms with Gasteiger partial charge < -0.3 is 20.1 Å². The van der Waals surface area contributed by atoms with Gasteiger partial charge in [0.15, 0.2) is 0 Å². The molecule has 2 N–H and O–H groups in total. The van der Waals surface area contributed by atoms with Crippen LogP contribution in [-0.4, -0.2) is 61.4 Å². The van der Waals surface area contributed by atoms with E-state index in [4.69, 9.17) is 9.84 Å². The van der Waals surface area contributed by atoms with Crippen molar-refractivity contribution in [1.29, 1.82) is 0 Å². The van der Waals surface area contributed by atoms with Crippen LogP contribution in [0.5, 0.6) is 0 Å². The third-order valence-corrected chi connectivity index (χ3v) is 3.88. The van der Waals surface area contributed by atoms with E-state index in [9.17, 15) is 4.79 Å². The van der Waals surface area contributed by atoms with Crippen LogP contribution in [0.2, 0.25) is 0 Å². The van der Waals surface area contributed by atoms with E-state index in [0.29, 0.717) is 26.0 Å². The van der Waals surface area contributed by atoms with Crippen LogP contribution in [0.15, 0.2) is 0 Å². The number of hydrogen-bond acceptors (Lipinski definition) is 4. The molecule has 124 valence electrons. The van der Waals surface area contributed by atoms with Crippen LogP contribution in [0.4, 0.5) is 0 Å². The Hall–Kier alpha value is -0.650. The fourth-order valence-electron chi connectivity index (χ4n) is 2.60. The summed E-state index contributed by atoms with van der Waals surface area (Å²) in [5.74, 6) is 0.160. The van der Waals surface area contributed by atoms with Crippen molar-refractivity contribution in [2.75, 3.05) is 39.4 Å². The molecule has 0 spiro atoms. The molecule has 0 aromatic rings. The predicted molar refractivity (Wildman–Crippen MR) is 84.3 cm³/mol. The summed E-state index contributed by atoms with van der Waals surface area (Å²) in [5, 5.41) is 12.2. The minimum Gasteiger partial charge on any atom is -0.396 e. The topological polar surface area (TPSA) is 61.8 Å². The number of unbranched alkanes of at least 4 members (excludes halogenated alkanes) is 4. The summed E-state index contributed by atoms with van der Waals surface area (Å²) < 4.78 is 5.60. The maximum Gasteiger partial charge on any atom is 0.225 e. The summed E-state index contributed by atoms with van der Waals surface area (Å²) >= 11 is 0. The van der Waals surface area contributed by atoms with Crippen molar-refractivity contribution in [3.05, 3.63) is 0 Å². The number of nitrogens with one attached hydrogen (secondary N) is 1. The number of nitrogens with zero attached hydrogens (tertiary/aromatic N) is 1. The van der Waals surface area contributed by atoms with Crippen molar-refractivity contribution in [3.63, 3.8) is 0 Å². The van der Waals surface area contributed by atoms with Crippen molar-refractivity contribution >= 4 is 5.91 Å². The molecular formula is C16H32N2O3. The van der Waals surface area contributed by atoms with Crippen LogP contribution < -0.4 is 5.32 Å². The van der Waals surface area contributed by atoms with Crippen LogP contribution in [0.25, 0.3) is 0 Å². The minimum atomic E-state index is 0.00275. The number of carbonyl (C=O) groups excluding carboxylic acids is 1. The monoisotopic (exact) mass is 300 g/mol. The maximum absolute atomic E-state index is 12.4. The number of aliphatic hydroxyl groups is 1. The largest absolute Gasteiger partial charge is 0.396 e. The van der Waals surface area contributed by atoms with Gasteiger partial charge in [-0.2, -0.15) is 0 Å². The van der Waals surface area contributed by atoms with Gasteiger partial charge in [0, 0.05) is 32.8 Å². The second kappa shape index (κ2) is 12.0. The molecular weight excluding hydrogens is 268 g/mol. The molecule has 1 aliphatic rings. The summed E-state index contributed by atoms with van der Waals surface area (Å²) in [7, 11) is 0. The Labute approximate surface area is 129 Å². The van der Waals surface area contributed by atoms with E-state index in [0.717, 1.165) is 26.1 Å². The van der Waals surface area contributed by atoms with Crippen molar-refractivity contribution in [2.24, 2.45) is 0 Å². The molecule has 0 radical (unpaired) electrons. The SMILES string of the molecule is CCCCCCCN(CCCO)C(=O)CC1CNCCO1. The Morgan fingerprint density at radius 2 is 2.00 bits per heavy atom. The van der Waals surface area contributed by atoms with Gasteiger partial charge in [0.25, 0.3) is 0 Å². The smallest absolute Gasteiger partial charge is 0.225 e. The second-order valence-corrected chi connectivity index (χ2v) is 5.77. The summed E-state index contributed by atoms with van der Waals surface area (Å²) in [4.78, 5) is 14.3. The van der Waals surface area contributed by atoms with E-state index in [1.54, 1.807) is 0 Å². The first-order valence-corrected chi connectivity index (χ1v) is 8.49. The zero-order valence-electron chi connectivity index (χ0n) is 13.5. The molecule has 0 aliphatic carbocycles. The lowest BCUT2D eigenvalue weighted by molar-refractivity contribution is -0.135. The molecule has 1 saturated heterocycles. The van der Waals surface area contributed by atoms with E-state index in [1.807, 2.05) is 4.90 Å². The van der Waals surface area contributed by atoms with Gasteiger partial charge in [0.1, 0.15) is 0 Å². The standard InChI is InChI=1S/C16H32N2O3/c1-2-3-4-5-6-9-18(10-7-11-19)16(20)13-15-14-17-8-12-21-15/h15,17,19H,2-14H2,1H3. The molecule has 0 bridgehead atoms. The fraction of sp³-hybridized carbons (Fsp3) is 0.938. The first-order chi connectivity index (χ1) is 10.3. The quantitative estimate of drug-likeness (QED) is 0.568. The van der Waals surface area contributed by atoms with Crippen LogP contribution in [-0.2, 0) is 9.53 Å². The summed E-state index contributed by atoms with van der Waals surface area (Å²) in [6, 6.07) is 0. The molecule has 5 heteroatoms. The molecule has 1 fully saturated rings. The van der Waals surface area contributed by atoms with Gasteiger partial charge in [-0.05, 0) is 12.8 Å². The molecule has 0 aromatic carbocycles. The fourth-order valence-corrected chi connectivity index (χ4v) is 2.60. The van der Waals surface area contributed by atoms with Gasteiger partial charge >= 0.3 is 0 Å². The molecule has 0 saturated carbocycles. The predicted octanol–water partition coefficient (Wildman–Crippen LogP) is 1.55. The number of morpholine rings is 1. The molecule has 1 heterocycles.